The predicted molar refractivity (Wildman–Crippen MR) is 88.9 cm³/mol. The zero-order valence-corrected chi connectivity index (χ0v) is 14.6. The van der Waals surface area contributed by atoms with Gasteiger partial charge in [0.2, 0.25) is 0 Å². The minimum Gasteiger partial charge on any atom is -0.405 e. The Morgan fingerprint density at radius 1 is 1.05 bits per heavy atom. The van der Waals surface area contributed by atoms with E-state index in [1.165, 1.54) is 37.7 Å². The maximum atomic E-state index is 6.89. The fourth-order valence-corrected chi connectivity index (χ4v) is 5.35. The van der Waals surface area contributed by atoms with Crippen molar-refractivity contribution in [1.29, 1.82) is 0 Å². The largest absolute Gasteiger partial charge is 0.405 e. The molecule has 2 nitrogen and oxygen atoms in total. The molecule has 0 N–H and O–H groups in total. The van der Waals surface area contributed by atoms with E-state index < -0.39 is 8.32 Å². The number of rotatable bonds is 5. The lowest BCUT2D eigenvalue weighted by molar-refractivity contribution is -0.0438. The molecule has 1 aromatic carbocycles. The van der Waals surface area contributed by atoms with Crippen LogP contribution in [0.1, 0.15) is 37.7 Å². The van der Waals surface area contributed by atoms with Crippen LogP contribution in [0, 0.1) is 5.92 Å². The van der Waals surface area contributed by atoms with Crippen molar-refractivity contribution in [3.63, 3.8) is 0 Å². The Bertz CT molecular complexity index is 458. The van der Waals surface area contributed by atoms with Crippen LogP contribution in [0.25, 0.3) is 0 Å². The zero-order chi connectivity index (χ0) is 14.9. The summed E-state index contributed by atoms with van der Waals surface area (Å²) in [7, 11) is -1.66. The summed E-state index contributed by atoms with van der Waals surface area (Å²) in [6.45, 7) is 7.76. The number of hydrogen-bond acceptors (Lipinski definition) is 2. The van der Waals surface area contributed by atoms with Crippen LogP contribution in [0.4, 0.5) is 0 Å². The van der Waals surface area contributed by atoms with E-state index in [0.717, 1.165) is 6.61 Å². The van der Waals surface area contributed by atoms with E-state index in [0.29, 0.717) is 5.92 Å². The van der Waals surface area contributed by atoms with Gasteiger partial charge in [0.05, 0.1) is 6.61 Å². The van der Waals surface area contributed by atoms with Crippen LogP contribution in [0.15, 0.2) is 30.3 Å². The van der Waals surface area contributed by atoms with Gasteiger partial charge in [0.15, 0.2) is 8.32 Å². The fraction of sp³-hybridized carbons (Fsp3) is 0.667. The second kappa shape index (κ2) is 5.86. The lowest BCUT2D eigenvalue weighted by atomic mass is 9.72. The van der Waals surface area contributed by atoms with Crippen molar-refractivity contribution in [2.24, 2.45) is 5.92 Å². The summed E-state index contributed by atoms with van der Waals surface area (Å²) in [5.74, 6) is 0.605. The van der Waals surface area contributed by atoms with E-state index in [-0.39, 0.29) is 11.7 Å². The molecular formula is C18H28O2Si. The number of ether oxygens (including phenoxy) is 1. The zero-order valence-electron chi connectivity index (χ0n) is 13.6. The van der Waals surface area contributed by atoms with Crippen molar-refractivity contribution in [2.75, 3.05) is 6.61 Å². The second-order valence-electron chi connectivity index (χ2n) is 7.53. The van der Waals surface area contributed by atoms with Crippen molar-refractivity contribution < 1.29 is 9.16 Å². The molecule has 1 saturated carbocycles. The molecule has 1 aromatic rings. The minimum atomic E-state index is -1.66. The normalized spacial score (nSPS) is 26.3. The lowest BCUT2D eigenvalue weighted by Gasteiger charge is -2.46. The van der Waals surface area contributed by atoms with Crippen LogP contribution in [0.3, 0.4) is 0 Å². The Morgan fingerprint density at radius 2 is 1.67 bits per heavy atom. The Labute approximate surface area is 130 Å². The van der Waals surface area contributed by atoms with Crippen molar-refractivity contribution >= 4 is 8.32 Å². The summed E-state index contributed by atoms with van der Waals surface area (Å²) in [5, 5.41) is 0. The Hall–Kier alpha value is -0.643. The van der Waals surface area contributed by atoms with Crippen molar-refractivity contribution in [3.05, 3.63) is 35.9 Å². The van der Waals surface area contributed by atoms with Gasteiger partial charge < -0.3 is 9.16 Å². The molecule has 0 bridgehead atoms. The average molecular weight is 305 g/mol. The highest BCUT2D eigenvalue weighted by molar-refractivity contribution is 6.69. The van der Waals surface area contributed by atoms with Gasteiger partial charge in [-0.15, -0.1) is 0 Å². The second-order valence-corrected chi connectivity index (χ2v) is 12.0. The summed E-state index contributed by atoms with van der Waals surface area (Å²) in [5.41, 5.74) is 1.13. The molecule has 0 aromatic heterocycles. The first-order valence-corrected chi connectivity index (χ1v) is 11.8. The first-order valence-electron chi connectivity index (χ1n) is 8.40. The molecule has 2 fully saturated rings. The fourth-order valence-electron chi connectivity index (χ4n) is 3.92. The van der Waals surface area contributed by atoms with Gasteiger partial charge in [-0.2, -0.15) is 0 Å². The quantitative estimate of drug-likeness (QED) is 0.580. The first kappa shape index (κ1) is 15.3. The van der Waals surface area contributed by atoms with E-state index in [9.17, 15) is 0 Å². The molecule has 0 unspecified atom stereocenters. The highest BCUT2D eigenvalue weighted by Crippen LogP contribution is 2.50. The van der Waals surface area contributed by atoms with Crippen LogP contribution < -0.4 is 0 Å². The van der Waals surface area contributed by atoms with Crippen molar-refractivity contribution in [2.45, 2.75) is 63.5 Å². The van der Waals surface area contributed by atoms with Gasteiger partial charge >= 0.3 is 0 Å². The van der Waals surface area contributed by atoms with Gasteiger partial charge in [-0.1, -0.05) is 49.6 Å². The molecule has 21 heavy (non-hydrogen) atoms. The molecule has 1 aliphatic carbocycles. The van der Waals surface area contributed by atoms with E-state index in [2.05, 4.69) is 50.0 Å². The van der Waals surface area contributed by atoms with Crippen molar-refractivity contribution in [3.8, 4) is 0 Å². The topological polar surface area (TPSA) is 21.8 Å². The Balaban J connectivity index is 2.02. The Morgan fingerprint density at radius 3 is 2.19 bits per heavy atom. The summed E-state index contributed by atoms with van der Waals surface area (Å²) in [6.07, 6.45) is 6.86. The number of hydrogen-bond donors (Lipinski definition) is 0. The van der Waals surface area contributed by atoms with E-state index in [1.54, 1.807) is 0 Å². The molecule has 1 heterocycles. The van der Waals surface area contributed by atoms with Crippen LogP contribution in [-0.2, 0) is 14.8 Å². The monoisotopic (exact) mass is 304 g/mol. The number of benzene rings is 1. The molecule has 2 atom stereocenters. The predicted octanol–water partition coefficient (Wildman–Crippen LogP) is 4.71. The highest BCUT2D eigenvalue weighted by Gasteiger charge is 2.55. The maximum Gasteiger partial charge on any atom is 0.185 e. The number of epoxide rings is 1. The standard InChI is InChI=1S/C18H28O2Si/c1-21(2,3)20-18(17-14-19-17,15-10-6-4-7-11-15)16-12-8-5-9-13-16/h4,6-7,10-11,16-17H,5,8-9,12-14H2,1-3H3/t17-,18-/m0/s1. The average Bonchev–Trinajstić information content (AvgIpc) is 3.31. The van der Waals surface area contributed by atoms with Gasteiger partial charge in [-0.25, -0.2) is 0 Å². The summed E-state index contributed by atoms with van der Waals surface area (Å²) < 4.78 is 12.7. The lowest BCUT2D eigenvalue weighted by Crippen LogP contribution is -2.50. The van der Waals surface area contributed by atoms with Crippen LogP contribution >= 0.6 is 0 Å². The summed E-state index contributed by atoms with van der Waals surface area (Å²) in [4.78, 5) is 0. The SMILES string of the molecule is C[Si](C)(C)O[C@@](c1ccccc1)(C1CCCCC1)[C@@H]1CO1. The van der Waals surface area contributed by atoms with Gasteiger partial charge in [-0.3, -0.25) is 0 Å². The summed E-state index contributed by atoms with van der Waals surface area (Å²) >= 11 is 0. The van der Waals surface area contributed by atoms with Crippen LogP contribution in [0.5, 0.6) is 0 Å². The van der Waals surface area contributed by atoms with Crippen molar-refractivity contribution in [1.82, 2.24) is 0 Å². The Kier molecular flexibility index (Phi) is 4.26. The van der Waals surface area contributed by atoms with Gasteiger partial charge in [0, 0.05) is 0 Å². The molecule has 116 valence electrons. The highest BCUT2D eigenvalue weighted by atomic mass is 28.4. The molecule has 3 rings (SSSR count). The smallest absolute Gasteiger partial charge is 0.185 e. The minimum absolute atomic E-state index is 0.202. The molecule has 1 aliphatic heterocycles. The third-order valence-corrected chi connectivity index (χ3v) is 5.67. The van der Waals surface area contributed by atoms with Gasteiger partial charge in [0.1, 0.15) is 11.7 Å². The van der Waals surface area contributed by atoms with Gasteiger partial charge in [-0.05, 0) is 44.0 Å². The molecule has 2 aliphatic rings. The molecule has 0 spiro atoms. The molecule has 0 radical (unpaired) electrons. The van der Waals surface area contributed by atoms with E-state index >= 15 is 0 Å². The van der Waals surface area contributed by atoms with Crippen LogP contribution in [0.2, 0.25) is 19.6 Å². The molecular weight excluding hydrogens is 276 g/mol. The van der Waals surface area contributed by atoms with E-state index in [4.69, 9.17) is 9.16 Å². The third kappa shape index (κ3) is 3.25. The van der Waals surface area contributed by atoms with E-state index in [1.807, 2.05) is 0 Å². The molecule has 0 amide bonds. The maximum absolute atomic E-state index is 6.89. The first-order chi connectivity index (χ1) is 10.0. The van der Waals surface area contributed by atoms with Gasteiger partial charge in [0.25, 0.3) is 0 Å². The third-order valence-electron chi connectivity index (χ3n) is 4.72. The van der Waals surface area contributed by atoms with Crippen LogP contribution in [-0.4, -0.2) is 21.0 Å². The molecule has 1 saturated heterocycles. The molecule has 3 heteroatoms. The summed E-state index contributed by atoms with van der Waals surface area (Å²) in [6, 6.07) is 10.9.